The van der Waals surface area contributed by atoms with Crippen molar-refractivity contribution in [3.05, 3.63) is 35.3 Å². The lowest BCUT2D eigenvalue weighted by Gasteiger charge is -2.19. The van der Waals surface area contributed by atoms with Gasteiger partial charge in [-0.3, -0.25) is 0 Å². The molecule has 0 spiro atoms. The molecule has 2 aromatic heterocycles. The molecule has 0 atom stereocenters. The highest BCUT2D eigenvalue weighted by molar-refractivity contribution is 5.47. The van der Waals surface area contributed by atoms with E-state index in [9.17, 15) is 0 Å². The van der Waals surface area contributed by atoms with Gasteiger partial charge in [0.15, 0.2) is 0 Å². The van der Waals surface area contributed by atoms with Crippen LogP contribution in [0.15, 0.2) is 18.3 Å². The molecule has 2 rings (SSSR count). The smallest absolute Gasteiger partial charge is 0.137 e. The van der Waals surface area contributed by atoms with E-state index in [1.807, 2.05) is 0 Å². The van der Waals surface area contributed by atoms with Crippen LogP contribution in [0.25, 0.3) is 5.65 Å². The van der Waals surface area contributed by atoms with E-state index in [4.69, 9.17) is 4.98 Å². The highest BCUT2D eigenvalue weighted by Gasteiger charge is 2.23. The van der Waals surface area contributed by atoms with Crippen molar-refractivity contribution in [2.45, 2.75) is 39.7 Å². The summed E-state index contributed by atoms with van der Waals surface area (Å²) in [5.41, 5.74) is 4.87. The third-order valence-electron chi connectivity index (χ3n) is 3.06. The summed E-state index contributed by atoms with van der Waals surface area (Å²) >= 11 is 0. The molecule has 0 fully saturated rings. The van der Waals surface area contributed by atoms with Gasteiger partial charge in [0.05, 0.1) is 11.4 Å². The Morgan fingerprint density at radius 3 is 2.50 bits per heavy atom. The third kappa shape index (κ3) is 2.41. The van der Waals surface area contributed by atoms with E-state index in [2.05, 4.69) is 69.4 Å². The zero-order valence-electron chi connectivity index (χ0n) is 12.3. The Kier molecular flexibility index (Phi) is 3.20. The van der Waals surface area contributed by atoms with Crippen LogP contribution in [0.1, 0.15) is 37.7 Å². The molecule has 0 N–H and O–H groups in total. The summed E-state index contributed by atoms with van der Waals surface area (Å²) in [4.78, 5) is 7.03. The lowest BCUT2D eigenvalue weighted by molar-refractivity contribution is 0.389. The van der Waals surface area contributed by atoms with E-state index in [0.29, 0.717) is 0 Å². The Morgan fingerprint density at radius 2 is 1.94 bits per heavy atom. The van der Waals surface area contributed by atoms with E-state index in [0.717, 1.165) is 12.2 Å². The molecule has 0 amide bonds. The van der Waals surface area contributed by atoms with Crippen molar-refractivity contribution >= 4 is 5.65 Å². The van der Waals surface area contributed by atoms with Gasteiger partial charge in [-0.05, 0) is 38.7 Å². The highest BCUT2D eigenvalue weighted by Crippen LogP contribution is 2.27. The highest BCUT2D eigenvalue weighted by atomic mass is 15.1. The van der Waals surface area contributed by atoms with Crippen LogP contribution in [0.3, 0.4) is 0 Å². The first-order valence-electron chi connectivity index (χ1n) is 6.42. The second kappa shape index (κ2) is 4.39. The van der Waals surface area contributed by atoms with Crippen LogP contribution in [-0.4, -0.2) is 28.4 Å². The minimum absolute atomic E-state index is 0.0747. The van der Waals surface area contributed by atoms with Crippen molar-refractivity contribution in [3.8, 4) is 0 Å². The normalized spacial score (nSPS) is 12.6. The molecule has 0 radical (unpaired) electrons. The average molecular weight is 245 g/mol. The van der Waals surface area contributed by atoms with Crippen LogP contribution in [0, 0.1) is 6.92 Å². The van der Waals surface area contributed by atoms with Gasteiger partial charge in [-0.25, -0.2) is 4.98 Å². The second-order valence-corrected chi connectivity index (χ2v) is 6.33. The fourth-order valence-electron chi connectivity index (χ4n) is 2.25. The molecule has 18 heavy (non-hydrogen) atoms. The molecule has 0 bridgehead atoms. The molecule has 0 aromatic carbocycles. The molecular weight excluding hydrogens is 222 g/mol. The SMILES string of the molecule is Cc1ccn2c(CN(C)C)c(C(C)(C)C)nc2c1. The fourth-order valence-corrected chi connectivity index (χ4v) is 2.25. The van der Waals surface area contributed by atoms with Gasteiger partial charge in [-0.1, -0.05) is 20.8 Å². The monoisotopic (exact) mass is 245 g/mol. The number of rotatable bonds is 2. The number of hydrogen-bond acceptors (Lipinski definition) is 2. The van der Waals surface area contributed by atoms with Crippen LogP contribution in [0.2, 0.25) is 0 Å². The first-order chi connectivity index (χ1) is 8.29. The maximum Gasteiger partial charge on any atom is 0.137 e. The zero-order valence-corrected chi connectivity index (χ0v) is 12.3. The first kappa shape index (κ1) is 13.1. The van der Waals surface area contributed by atoms with E-state index < -0.39 is 0 Å². The molecular formula is C15H23N3. The summed E-state index contributed by atoms with van der Waals surface area (Å²) in [6, 6.07) is 4.29. The quantitative estimate of drug-likeness (QED) is 0.810. The Hall–Kier alpha value is -1.35. The largest absolute Gasteiger partial charge is 0.304 e. The van der Waals surface area contributed by atoms with Gasteiger partial charge in [0.2, 0.25) is 0 Å². The summed E-state index contributed by atoms with van der Waals surface area (Å²) in [7, 11) is 4.19. The Morgan fingerprint density at radius 1 is 1.28 bits per heavy atom. The molecule has 0 saturated heterocycles. The third-order valence-corrected chi connectivity index (χ3v) is 3.06. The molecule has 3 heteroatoms. The van der Waals surface area contributed by atoms with Crippen LogP contribution in [0.4, 0.5) is 0 Å². The minimum Gasteiger partial charge on any atom is -0.304 e. The lowest BCUT2D eigenvalue weighted by atomic mass is 9.90. The number of aryl methyl sites for hydroxylation is 1. The molecule has 2 heterocycles. The predicted molar refractivity (Wildman–Crippen MR) is 76.0 cm³/mol. The van der Waals surface area contributed by atoms with Crippen molar-refractivity contribution in [2.75, 3.05) is 14.1 Å². The molecule has 2 aromatic rings. The van der Waals surface area contributed by atoms with Crippen molar-refractivity contribution in [2.24, 2.45) is 0 Å². The van der Waals surface area contributed by atoms with Crippen LogP contribution in [-0.2, 0) is 12.0 Å². The van der Waals surface area contributed by atoms with Gasteiger partial charge in [0.25, 0.3) is 0 Å². The molecule has 0 aliphatic carbocycles. The first-order valence-corrected chi connectivity index (χ1v) is 6.42. The minimum atomic E-state index is 0.0747. The van der Waals surface area contributed by atoms with E-state index in [-0.39, 0.29) is 5.41 Å². The fraction of sp³-hybridized carbons (Fsp3) is 0.533. The van der Waals surface area contributed by atoms with E-state index >= 15 is 0 Å². The van der Waals surface area contributed by atoms with Crippen LogP contribution < -0.4 is 0 Å². The molecule has 3 nitrogen and oxygen atoms in total. The Balaban J connectivity index is 2.68. The second-order valence-electron chi connectivity index (χ2n) is 6.33. The molecule has 0 aliphatic rings. The van der Waals surface area contributed by atoms with Crippen molar-refractivity contribution < 1.29 is 0 Å². The van der Waals surface area contributed by atoms with Crippen molar-refractivity contribution in [3.63, 3.8) is 0 Å². The van der Waals surface area contributed by atoms with E-state index in [1.165, 1.54) is 17.0 Å². The topological polar surface area (TPSA) is 20.5 Å². The van der Waals surface area contributed by atoms with Crippen molar-refractivity contribution in [1.29, 1.82) is 0 Å². The summed E-state index contributed by atoms with van der Waals surface area (Å²) in [5, 5.41) is 0. The molecule has 0 aliphatic heterocycles. The summed E-state index contributed by atoms with van der Waals surface area (Å²) in [6.45, 7) is 9.69. The number of pyridine rings is 1. The number of hydrogen-bond donors (Lipinski definition) is 0. The lowest BCUT2D eigenvalue weighted by Crippen LogP contribution is -2.19. The summed E-state index contributed by atoms with van der Waals surface area (Å²) in [6.07, 6.45) is 2.13. The van der Waals surface area contributed by atoms with Gasteiger partial charge < -0.3 is 9.30 Å². The average Bonchev–Trinajstić information content (AvgIpc) is 2.55. The standard InChI is InChI=1S/C15H23N3/c1-11-7-8-18-12(10-17(5)6)14(15(2,3)4)16-13(18)9-11/h7-9H,10H2,1-6H3. The van der Waals surface area contributed by atoms with E-state index in [1.54, 1.807) is 0 Å². The van der Waals surface area contributed by atoms with Gasteiger partial charge in [0.1, 0.15) is 5.65 Å². The Bertz CT molecular complexity index is 559. The number of imidazole rings is 1. The van der Waals surface area contributed by atoms with Crippen molar-refractivity contribution in [1.82, 2.24) is 14.3 Å². The molecule has 0 saturated carbocycles. The Labute approximate surface area is 109 Å². The number of aromatic nitrogens is 2. The van der Waals surface area contributed by atoms with Crippen LogP contribution in [0.5, 0.6) is 0 Å². The van der Waals surface area contributed by atoms with Gasteiger partial charge in [-0.2, -0.15) is 0 Å². The number of fused-ring (bicyclic) bond motifs is 1. The molecule has 0 unspecified atom stereocenters. The van der Waals surface area contributed by atoms with Gasteiger partial charge in [0, 0.05) is 18.2 Å². The number of nitrogens with zero attached hydrogens (tertiary/aromatic N) is 3. The maximum absolute atomic E-state index is 4.83. The summed E-state index contributed by atoms with van der Waals surface area (Å²) in [5.74, 6) is 0. The molecule has 98 valence electrons. The van der Waals surface area contributed by atoms with Gasteiger partial charge >= 0.3 is 0 Å². The maximum atomic E-state index is 4.83. The summed E-state index contributed by atoms with van der Waals surface area (Å²) < 4.78 is 2.22. The zero-order chi connectivity index (χ0) is 13.5. The predicted octanol–water partition coefficient (Wildman–Crippen LogP) is 3.00. The van der Waals surface area contributed by atoms with Crippen LogP contribution >= 0.6 is 0 Å². The van der Waals surface area contributed by atoms with Gasteiger partial charge in [-0.15, -0.1) is 0 Å².